The van der Waals surface area contributed by atoms with Crippen molar-refractivity contribution >= 4 is 38.4 Å². The lowest BCUT2D eigenvalue weighted by Gasteiger charge is -2.30. The third-order valence-electron chi connectivity index (χ3n) is 3.64. The molecule has 2 N–H and O–H groups in total. The number of benzene rings is 1. The molecule has 1 aliphatic heterocycles. The highest BCUT2D eigenvalue weighted by atomic mass is 79.9. The second-order valence-electron chi connectivity index (χ2n) is 5.06. The fourth-order valence-electron chi connectivity index (χ4n) is 2.29. The first-order chi connectivity index (χ1) is 8.92. The molecule has 0 saturated carbocycles. The highest BCUT2D eigenvalue weighted by Crippen LogP contribution is 2.24. The molecule has 0 aromatic heterocycles. The van der Waals surface area contributed by atoms with E-state index in [1.54, 1.807) is 19.1 Å². The Morgan fingerprint density at radius 3 is 2.75 bits per heavy atom. The third kappa shape index (κ3) is 3.95. The molecule has 4 nitrogen and oxygen atoms in total. The first kappa shape index (κ1) is 17.9. The maximum absolute atomic E-state index is 12.5. The van der Waals surface area contributed by atoms with Crippen LogP contribution in [0.15, 0.2) is 27.6 Å². The van der Waals surface area contributed by atoms with Crippen LogP contribution in [0.1, 0.15) is 18.9 Å². The van der Waals surface area contributed by atoms with Crippen molar-refractivity contribution in [2.75, 3.05) is 13.1 Å². The summed E-state index contributed by atoms with van der Waals surface area (Å²) in [6.07, 6.45) is 0.991. The van der Waals surface area contributed by atoms with Crippen molar-refractivity contribution in [3.05, 3.63) is 28.2 Å². The Kier molecular flexibility index (Phi) is 6.47. The van der Waals surface area contributed by atoms with Crippen LogP contribution >= 0.6 is 28.3 Å². The fourth-order valence-corrected chi connectivity index (χ4v) is 4.40. The summed E-state index contributed by atoms with van der Waals surface area (Å²) in [5.74, 6) is 0.350. The van der Waals surface area contributed by atoms with E-state index in [9.17, 15) is 8.42 Å². The smallest absolute Gasteiger partial charge is 0.241 e. The average Bonchev–Trinajstić information content (AvgIpc) is 2.35. The van der Waals surface area contributed by atoms with Crippen LogP contribution in [-0.2, 0) is 10.0 Å². The van der Waals surface area contributed by atoms with Gasteiger partial charge in [0.05, 0.1) is 4.90 Å². The van der Waals surface area contributed by atoms with Crippen molar-refractivity contribution in [2.24, 2.45) is 5.92 Å². The molecule has 1 fully saturated rings. The number of hydrogen-bond donors (Lipinski definition) is 2. The molecule has 1 saturated heterocycles. The lowest BCUT2D eigenvalue weighted by Crippen LogP contribution is -2.50. The van der Waals surface area contributed by atoms with Gasteiger partial charge in [0.1, 0.15) is 0 Å². The number of halogens is 2. The maximum Gasteiger partial charge on any atom is 0.241 e. The second-order valence-corrected chi connectivity index (χ2v) is 7.60. The molecule has 0 amide bonds. The predicted octanol–water partition coefficient (Wildman–Crippen LogP) is 2.46. The molecule has 7 heteroatoms. The summed E-state index contributed by atoms with van der Waals surface area (Å²) in [4.78, 5) is 0.347. The number of rotatable bonds is 3. The summed E-state index contributed by atoms with van der Waals surface area (Å²) in [6.45, 7) is 5.53. The summed E-state index contributed by atoms with van der Waals surface area (Å²) in [6, 6.07) is 5.19. The average molecular weight is 384 g/mol. The third-order valence-corrected chi connectivity index (χ3v) is 6.14. The minimum absolute atomic E-state index is 0. The number of hydrogen-bond acceptors (Lipinski definition) is 3. The Hall–Kier alpha value is -0.140. The topological polar surface area (TPSA) is 58.2 Å². The molecular weight excluding hydrogens is 364 g/mol. The Morgan fingerprint density at radius 2 is 2.10 bits per heavy atom. The molecule has 2 atom stereocenters. The van der Waals surface area contributed by atoms with Gasteiger partial charge in [-0.1, -0.05) is 28.9 Å². The molecule has 0 aliphatic carbocycles. The van der Waals surface area contributed by atoms with E-state index in [4.69, 9.17) is 0 Å². The predicted molar refractivity (Wildman–Crippen MR) is 86.9 cm³/mol. The lowest BCUT2D eigenvalue weighted by atomic mass is 9.96. The molecule has 1 aromatic rings. The Labute approximate surface area is 135 Å². The van der Waals surface area contributed by atoms with Gasteiger partial charge in [0.15, 0.2) is 0 Å². The van der Waals surface area contributed by atoms with Crippen LogP contribution in [0.3, 0.4) is 0 Å². The molecule has 2 rings (SSSR count). The summed E-state index contributed by atoms with van der Waals surface area (Å²) < 4.78 is 28.5. The van der Waals surface area contributed by atoms with Crippen molar-refractivity contribution < 1.29 is 8.42 Å². The van der Waals surface area contributed by atoms with E-state index < -0.39 is 10.0 Å². The molecule has 0 bridgehead atoms. The van der Waals surface area contributed by atoms with Crippen LogP contribution in [-0.4, -0.2) is 27.5 Å². The maximum atomic E-state index is 12.5. The van der Waals surface area contributed by atoms with E-state index in [1.807, 2.05) is 6.07 Å². The monoisotopic (exact) mass is 382 g/mol. The first-order valence-electron chi connectivity index (χ1n) is 6.40. The van der Waals surface area contributed by atoms with Gasteiger partial charge < -0.3 is 5.32 Å². The van der Waals surface area contributed by atoms with Gasteiger partial charge in [-0.15, -0.1) is 12.4 Å². The van der Waals surface area contributed by atoms with E-state index in [-0.39, 0.29) is 18.4 Å². The summed E-state index contributed by atoms with van der Waals surface area (Å²) >= 11 is 3.37. The Morgan fingerprint density at radius 1 is 1.40 bits per heavy atom. The molecule has 2 unspecified atom stereocenters. The molecule has 0 radical (unpaired) electrons. The first-order valence-corrected chi connectivity index (χ1v) is 8.67. The molecule has 20 heavy (non-hydrogen) atoms. The molecule has 1 aromatic carbocycles. The van der Waals surface area contributed by atoms with E-state index in [0.717, 1.165) is 23.0 Å². The largest absolute Gasteiger partial charge is 0.315 e. The van der Waals surface area contributed by atoms with Crippen LogP contribution < -0.4 is 10.0 Å². The molecule has 1 aliphatic rings. The summed E-state index contributed by atoms with van der Waals surface area (Å²) in [7, 11) is -3.47. The zero-order chi connectivity index (χ0) is 14.0. The van der Waals surface area contributed by atoms with E-state index >= 15 is 0 Å². The molecule has 0 spiro atoms. The van der Waals surface area contributed by atoms with Crippen molar-refractivity contribution in [1.82, 2.24) is 10.0 Å². The highest BCUT2D eigenvalue weighted by Gasteiger charge is 2.27. The van der Waals surface area contributed by atoms with Gasteiger partial charge in [-0.3, -0.25) is 0 Å². The van der Waals surface area contributed by atoms with Crippen molar-refractivity contribution in [2.45, 2.75) is 31.2 Å². The fraction of sp³-hybridized carbons (Fsp3) is 0.538. The van der Waals surface area contributed by atoms with Crippen LogP contribution in [0.2, 0.25) is 0 Å². The number of sulfonamides is 1. The molecule has 114 valence electrons. The van der Waals surface area contributed by atoms with Crippen molar-refractivity contribution in [3.63, 3.8) is 0 Å². The van der Waals surface area contributed by atoms with Gasteiger partial charge in [0.25, 0.3) is 0 Å². The van der Waals surface area contributed by atoms with E-state index in [2.05, 4.69) is 32.9 Å². The lowest BCUT2D eigenvalue weighted by molar-refractivity contribution is 0.327. The minimum Gasteiger partial charge on any atom is -0.315 e. The molecule has 1 heterocycles. The van der Waals surface area contributed by atoms with Crippen LogP contribution in [0.4, 0.5) is 0 Å². The number of nitrogens with one attached hydrogen (secondary N) is 2. The zero-order valence-electron chi connectivity index (χ0n) is 11.5. The summed E-state index contributed by atoms with van der Waals surface area (Å²) in [5.41, 5.74) is 0.742. The Balaban J connectivity index is 0.00000200. The van der Waals surface area contributed by atoms with E-state index in [1.165, 1.54) is 0 Å². The highest BCUT2D eigenvalue weighted by molar-refractivity contribution is 9.10. The van der Waals surface area contributed by atoms with Crippen LogP contribution in [0, 0.1) is 12.8 Å². The van der Waals surface area contributed by atoms with Gasteiger partial charge in [-0.05, 0) is 43.5 Å². The molecular formula is C13H20BrClN2O2S. The zero-order valence-corrected chi connectivity index (χ0v) is 14.7. The van der Waals surface area contributed by atoms with Crippen molar-refractivity contribution in [3.8, 4) is 0 Å². The van der Waals surface area contributed by atoms with Crippen LogP contribution in [0.5, 0.6) is 0 Å². The van der Waals surface area contributed by atoms with Gasteiger partial charge >= 0.3 is 0 Å². The van der Waals surface area contributed by atoms with Gasteiger partial charge in [-0.25, -0.2) is 13.1 Å². The second kappa shape index (κ2) is 7.22. The minimum atomic E-state index is -3.47. The standard InChI is InChI=1S/C13H19BrN2O2S.ClH/c1-9-6-7-15-8-12(9)16-19(17,18)13-5-3-4-11(14)10(13)2;/h3-5,9,12,15-16H,6-8H2,1-2H3;1H. The van der Waals surface area contributed by atoms with Gasteiger partial charge in [0.2, 0.25) is 10.0 Å². The number of piperidine rings is 1. The van der Waals surface area contributed by atoms with Gasteiger partial charge in [-0.2, -0.15) is 0 Å². The normalized spacial score (nSPS) is 23.1. The Bertz CT molecular complexity index is 565. The quantitative estimate of drug-likeness (QED) is 0.843. The van der Waals surface area contributed by atoms with Gasteiger partial charge in [0, 0.05) is 17.1 Å². The van der Waals surface area contributed by atoms with Crippen LogP contribution in [0.25, 0.3) is 0 Å². The summed E-state index contributed by atoms with van der Waals surface area (Å²) in [5, 5.41) is 3.23. The van der Waals surface area contributed by atoms with Crippen molar-refractivity contribution in [1.29, 1.82) is 0 Å². The van der Waals surface area contributed by atoms with E-state index in [0.29, 0.717) is 17.4 Å². The SMILES string of the molecule is Cc1c(Br)cccc1S(=O)(=O)NC1CNCCC1C.Cl.